The van der Waals surface area contributed by atoms with Gasteiger partial charge in [0, 0.05) is 31.0 Å². The highest BCUT2D eigenvalue weighted by Crippen LogP contribution is 2.31. The standard InChI is InChI=1S/C27H29N5O/c1-19-23(27(33)30-16-20-7-3-2-4-8-20)17-29-26(31-19)25-9-5-6-14-32(25)18-21-10-11-24-22(15-21)12-13-28-24/h2-4,7-8,10-13,15,17,25,28H,5-6,9,14,16,18H2,1H3,(H,30,33)/t25-/m0/s1. The van der Waals surface area contributed by atoms with Crippen molar-refractivity contribution in [2.75, 3.05) is 6.54 Å². The highest BCUT2D eigenvalue weighted by Gasteiger charge is 2.27. The molecule has 1 saturated heterocycles. The number of fused-ring (bicyclic) bond motifs is 1. The summed E-state index contributed by atoms with van der Waals surface area (Å²) in [5, 5.41) is 4.21. The first kappa shape index (κ1) is 21.3. The summed E-state index contributed by atoms with van der Waals surface area (Å²) in [7, 11) is 0. The van der Waals surface area contributed by atoms with Crippen LogP contribution in [0.5, 0.6) is 0 Å². The number of hydrogen-bond acceptors (Lipinski definition) is 4. The van der Waals surface area contributed by atoms with Gasteiger partial charge in [0.05, 0.1) is 17.3 Å². The van der Waals surface area contributed by atoms with Crippen LogP contribution in [-0.2, 0) is 13.1 Å². The molecular weight excluding hydrogens is 410 g/mol. The molecule has 1 atom stereocenters. The Morgan fingerprint density at radius 3 is 2.85 bits per heavy atom. The van der Waals surface area contributed by atoms with E-state index >= 15 is 0 Å². The lowest BCUT2D eigenvalue weighted by atomic mass is 10.00. The summed E-state index contributed by atoms with van der Waals surface area (Å²) in [5.74, 6) is 0.678. The highest BCUT2D eigenvalue weighted by molar-refractivity contribution is 5.94. The van der Waals surface area contributed by atoms with Gasteiger partial charge in [0.1, 0.15) is 5.82 Å². The van der Waals surface area contributed by atoms with E-state index in [1.54, 1.807) is 6.20 Å². The van der Waals surface area contributed by atoms with Crippen LogP contribution in [0.1, 0.15) is 58.3 Å². The molecule has 1 fully saturated rings. The summed E-state index contributed by atoms with van der Waals surface area (Å²) in [6.07, 6.45) is 7.05. The lowest BCUT2D eigenvalue weighted by Crippen LogP contribution is -2.34. The van der Waals surface area contributed by atoms with E-state index in [-0.39, 0.29) is 11.9 Å². The van der Waals surface area contributed by atoms with E-state index in [2.05, 4.69) is 44.5 Å². The molecule has 5 rings (SSSR count). The van der Waals surface area contributed by atoms with Crippen LogP contribution in [0.4, 0.5) is 0 Å². The topological polar surface area (TPSA) is 73.9 Å². The minimum atomic E-state index is -0.136. The van der Waals surface area contributed by atoms with Crippen LogP contribution in [-0.4, -0.2) is 32.3 Å². The van der Waals surface area contributed by atoms with Gasteiger partial charge in [0.15, 0.2) is 0 Å². The van der Waals surface area contributed by atoms with Gasteiger partial charge < -0.3 is 10.3 Å². The van der Waals surface area contributed by atoms with Crippen molar-refractivity contribution in [3.63, 3.8) is 0 Å². The zero-order chi connectivity index (χ0) is 22.6. The number of hydrogen-bond donors (Lipinski definition) is 2. The second-order valence-electron chi connectivity index (χ2n) is 8.78. The third-order valence-electron chi connectivity index (χ3n) is 6.45. The maximum absolute atomic E-state index is 12.7. The van der Waals surface area contributed by atoms with Gasteiger partial charge in [-0.15, -0.1) is 0 Å². The van der Waals surface area contributed by atoms with Crippen molar-refractivity contribution < 1.29 is 4.79 Å². The van der Waals surface area contributed by atoms with E-state index in [9.17, 15) is 4.79 Å². The van der Waals surface area contributed by atoms with Crippen LogP contribution in [0.3, 0.4) is 0 Å². The van der Waals surface area contributed by atoms with Crippen molar-refractivity contribution >= 4 is 16.8 Å². The Hall–Kier alpha value is -3.51. The fourth-order valence-electron chi connectivity index (χ4n) is 4.65. The average molecular weight is 440 g/mol. The Kier molecular flexibility index (Phi) is 6.17. The Bertz CT molecular complexity index is 1250. The molecule has 33 heavy (non-hydrogen) atoms. The number of carbonyl (C=O) groups is 1. The number of H-pyrrole nitrogens is 1. The molecule has 0 aliphatic carbocycles. The molecule has 0 bridgehead atoms. The van der Waals surface area contributed by atoms with Gasteiger partial charge in [0.2, 0.25) is 0 Å². The van der Waals surface area contributed by atoms with Crippen LogP contribution >= 0.6 is 0 Å². The van der Waals surface area contributed by atoms with Gasteiger partial charge in [-0.25, -0.2) is 9.97 Å². The highest BCUT2D eigenvalue weighted by atomic mass is 16.1. The number of rotatable bonds is 6. The van der Waals surface area contributed by atoms with E-state index in [4.69, 9.17) is 4.98 Å². The number of likely N-dealkylation sites (tertiary alicyclic amines) is 1. The number of carbonyl (C=O) groups excluding carboxylic acids is 1. The predicted octanol–water partition coefficient (Wildman–Crippen LogP) is 4.92. The molecule has 0 radical (unpaired) electrons. The van der Waals surface area contributed by atoms with Gasteiger partial charge in [0.25, 0.3) is 5.91 Å². The first-order valence-electron chi connectivity index (χ1n) is 11.6. The lowest BCUT2D eigenvalue weighted by Gasteiger charge is -2.35. The smallest absolute Gasteiger partial charge is 0.254 e. The quantitative estimate of drug-likeness (QED) is 0.447. The zero-order valence-corrected chi connectivity index (χ0v) is 18.9. The van der Waals surface area contributed by atoms with Crippen LogP contribution in [0.15, 0.2) is 67.0 Å². The molecule has 1 amide bonds. The van der Waals surface area contributed by atoms with Crippen LogP contribution < -0.4 is 5.32 Å². The van der Waals surface area contributed by atoms with Crippen LogP contribution in [0.2, 0.25) is 0 Å². The van der Waals surface area contributed by atoms with Crippen molar-refractivity contribution in [2.45, 2.75) is 45.3 Å². The fraction of sp³-hybridized carbons (Fsp3) is 0.296. The largest absolute Gasteiger partial charge is 0.361 e. The molecule has 2 N–H and O–H groups in total. The maximum Gasteiger partial charge on any atom is 0.254 e. The molecule has 4 aromatic rings. The summed E-state index contributed by atoms with van der Waals surface area (Å²) < 4.78 is 0. The number of aryl methyl sites for hydroxylation is 1. The van der Waals surface area contributed by atoms with E-state index in [1.807, 2.05) is 43.5 Å². The summed E-state index contributed by atoms with van der Waals surface area (Å²) >= 11 is 0. The molecule has 168 valence electrons. The normalized spacial score (nSPS) is 16.7. The lowest BCUT2D eigenvalue weighted by molar-refractivity contribution is 0.0948. The number of piperidine rings is 1. The van der Waals surface area contributed by atoms with Crippen molar-refractivity contribution in [3.05, 3.63) is 95.2 Å². The second-order valence-corrected chi connectivity index (χ2v) is 8.78. The Balaban J connectivity index is 1.30. The molecule has 1 aliphatic heterocycles. The zero-order valence-electron chi connectivity index (χ0n) is 18.9. The first-order chi connectivity index (χ1) is 16.2. The van der Waals surface area contributed by atoms with Crippen molar-refractivity contribution in [1.82, 2.24) is 25.2 Å². The van der Waals surface area contributed by atoms with Gasteiger partial charge in [-0.05, 0) is 61.0 Å². The molecule has 3 heterocycles. The summed E-state index contributed by atoms with van der Waals surface area (Å²) in [4.78, 5) is 27.9. The number of aromatic amines is 1. The van der Waals surface area contributed by atoms with Crippen LogP contribution in [0, 0.1) is 6.92 Å². The van der Waals surface area contributed by atoms with Gasteiger partial charge in [-0.2, -0.15) is 0 Å². The first-order valence-corrected chi connectivity index (χ1v) is 11.6. The monoisotopic (exact) mass is 439 g/mol. The van der Waals surface area contributed by atoms with Crippen molar-refractivity contribution in [1.29, 1.82) is 0 Å². The van der Waals surface area contributed by atoms with Gasteiger partial charge in [-0.1, -0.05) is 42.8 Å². The number of amides is 1. The predicted molar refractivity (Wildman–Crippen MR) is 130 cm³/mol. The summed E-state index contributed by atoms with van der Waals surface area (Å²) in [6.45, 7) is 4.28. The molecule has 0 unspecified atom stereocenters. The Morgan fingerprint density at radius 2 is 2.00 bits per heavy atom. The molecule has 6 nitrogen and oxygen atoms in total. The molecule has 2 aromatic heterocycles. The van der Waals surface area contributed by atoms with Gasteiger partial charge in [-0.3, -0.25) is 9.69 Å². The second kappa shape index (κ2) is 9.55. The molecule has 0 saturated carbocycles. The Labute approximate surface area is 194 Å². The Morgan fingerprint density at radius 1 is 1.12 bits per heavy atom. The summed E-state index contributed by atoms with van der Waals surface area (Å²) in [6, 6.07) is 18.8. The molecule has 1 aliphatic rings. The average Bonchev–Trinajstić information content (AvgIpc) is 3.31. The minimum absolute atomic E-state index is 0.136. The van der Waals surface area contributed by atoms with Crippen molar-refractivity contribution in [3.8, 4) is 0 Å². The fourth-order valence-corrected chi connectivity index (χ4v) is 4.65. The maximum atomic E-state index is 12.7. The number of nitrogens with one attached hydrogen (secondary N) is 2. The van der Waals surface area contributed by atoms with E-state index in [0.717, 1.165) is 42.1 Å². The number of nitrogens with zero attached hydrogens (tertiary/aromatic N) is 3. The minimum Gasteiger partial charge on any atom is -0.361 e. The number of benzene rings is 2. The van der Waals surface area contributed by atoms with Crippen molar-refractivity contribution in [2.24, 2.45) is 0 Å². The number of aromatic nitrogens is 3. The molecule has 0 spiro atoms. The third-order valence-corrected chi connectivity index (χ3v) is 6.45. The molecule has 6 heteroatoms. The van der Waals surface area contributed by atoms with E-state index in [0.29, 0.717) is 12.1 Å². The van der Waals surface area contributed by atoms with E-state index in [1.165, 1.54) is 23.8 Å². The van der Waals surface area contributed by atoms with E-state index < -0.39 is 0 Å². The van der Waals surface area contributed by atoms with Crippen LogP contribution in [0.25, 0.3) is 10.9 Å². The molecular formula is C27H29N5O. The summed E-state index contributed by atoms with van der Waals surface area (Å²) in [5.41, 5.74) is 4.79. The SMILES string of the molecule is Cc1nc([C@@H]2CCCCN2Cc2ccc3[nH]ccc3c2)ncc1C(=O)NCc1ccccc1. The molecule has 2 aromatic carbocycles. The third kappa shape index (κ3) is 4.81. The van der Waals surface area contributed by atoms with Gasteiger partial charge >= 0.3 is 0 Å².